The van der Waals surface area contributed by atoms with Crippen LogP contribution in [-0.4, -0.2) is 38.5 Å². The number of amides is 1. The fourth-order valence-electron chi connectivity index (χ4n) is 2.47. The van der Waals surface area contributed by atoms with Gasteiger partial charge in [0.25, 0.3) is 5.78 Å². The molecule has 9 nitrogen and oxygen atoms in total. The number of nitrogens with zero attached hydrogens (tertiary/aromatic N) is 5. The fourth-order valence-corrected chi connectivity index (χ4v) is 2.47. The molecule has 126 valence electrons. The van der Waals surface area contributed by atoms with Crippen LogP contribution in [0.15, 0.2) is 29.4 Å². The molecule has 1 amide bonds. The first kappa shape index (κ1) is 15.1. The zero-order chi connectivity index (χ0) is 17.4. The average molecular weight is 338 g/mol. The molecular formula is C16H14N6O3. The van der Waals surface area contributed by atoms with E-state index in [0.29, 0.717) is 17.3 Å². The predicted octanol–water partition coefficient (Wildman–Crippen LogP) is 1.23. The van der Waals surface area contributed by atoms with Gasteiger partial charge in [0, 0.05) is 11.4 Å². The first-order chi connectivity index (χ1) is 12.1. The number of carbonyl (C=O) groups is 1. The molecule has 4 rings (SSSR count). The van der Waals surface area contributed by atoms with E-state index in [-0.39, 0.29) is 12.6 Å². The first-order valence-corrected chi connectivity index (χ1v) is 7.54. The molecule has 0 bridgehead atoms. The average Bonchev–Trinajstić information content (AvgIpc) is 3.20. The van der Waals surface area contributed by atoms with Gasteiger partial charge in [-0.2, -0.15) is 10.1 Å². The molecule has 0 unspecified atom stereocenters. The summed E-state index contributed by atoms with van der Waals surface area (Å²) < 4.78 is 12.0. The summed E-state index contributed by atoms with van der Waals surface area (Å²) in [6, 6.07) is 7.23. The molecule has 0 fully saturated rings. The van der Waals surface area contributed by atoms with E-state index in [1.54, 1.807) is 12.1 Å². The van der Waals surface area contributed by atoms with Gasteiger partial charge in [0.15, 0.2) is 11.5 Å². The molecule has 0 spiro atoms. The highest BCUT2D eigenvalue weighted by Crippen LogP contribution is 2.31. The van der Waals surface area contributed by atoms with E-state index in [2.05, 4.69) is 25.6 Å². The Morgan fingerprint density at radius 2 is 2.08 bits per heavy atom. The van der Waals surface area contributed by atoms with Gasteiger partial charge in [-0.3, -0.25) is 4.79 Å². The largest absolute Gasteiger partial charge is 0.454 e. The van der Waals surface area contributed by atoms with E-state index in [0.717, 1.165) is 17.0 Å². The molecule has 2 aromatic heterocycles. The maximum Gasteiger partial charge on any atom is 0.311 e. The van der Waals surface area contributed by atoms with Gasteiger partial charge in [0.2, 0.25) is 12.6 Å². The fraction of sp³-hybridized carbons (Fsp3) is 0.188. The second kappa shape index (κ2) is 5.86. The monoisotopic (exact) mass is 338 g/mol. The Labute approximate surface area is 142 Å². The molecular weight excluding hydrogens is 324 g/mol. The summed E-state index contributed by atoms with van der Waals surface area (Å²) in [4.78, 5) is 20.5. The molecule has 0 atom stereocenters. The van der Waals surface area contributed by atoms with Crippen LogP contribution in [0.3, 0.4) is 0 Å². The number of hydrogen-bond donors (Lipinski definition) is 1. The van der Waals surface area contributed by atoms with Gasteiger partial charge in [0.05, 0.1) is 6.21 Å². The summed E-state index contributed by atoms with van der Waals surface area (Å²) in [6.45, 7) is 3.94. The SMILES string of the molecule is Cc1cc(C)n2nc(C(=O)NN=Cc3ccc4c(c3)OCO4)nc2n1. The quantitative estimate of drug-likeness (QED) is 0.569. The van der Waals surface area contributed by atoms with Crippen LogP contribution in [0.1, 0.15) is 27.6 Å². The lowest BCUT2D eigenvalue weighted by atomic mass is 10.2. The predicted molar refractivity (Wildman–Crippen MR) is 87.9 cm³/mol. The van der Waals surface area contributed by atoms with Crippen molar-refractivity contribution in [3.05, 3.63) is 47.0 Å². The van der Waals surface area contributed by atoms with E-state index >= 15 is 0 Å². The van der Waals surface area contributed by atoms with Crippen LogP contribution >= 0.6 is 0 Å². The van der Waals surface area contributed by atoms with Crippen molar-refractivity contribution in [3.8, 4) is 11.5 Å². The molecule has 3 aromatic rings. The third-order valence-electron chi connectivity index (χ3n) is 3.60. The highest BCUT2D eigenvalue weighted by Gasteiger charge is 2.15. The number of aromatic nitrogens is 4. The molecule has 0 saturated carbocycles. The number of hydrogen-bond acceptors (Lipinski definition) is 7. The smallest absolute Gasteiger partial charge is 0.311 e. The minimum Gasteiger partial charge on any atom is -0.454 e. The Morgan fingerprint density at radius 1 is 1.24 bits per heavy atom. The summed E-state index contributed by atoms with van der Waals surface area (Å²) in [5.74, 6) is 1.20. The molecule has 3 heterocycles. The Hall–Kier alpha value is -3.49. The number of benzene rings is 1. The van der Waals surface area contributed by atoms with Gasteiger partial charge >= 0.3 is 5.91 Å². The van der Waals surface area contributed by atoms with Gasteiger partial charge in [-0.05, 0) is 43.7 Å². The van der Waals surface area contributed by atoms with Crippen LogP contribution < -0.4 is 14.9 Å². The van der Waals surface area contributed by atoms with Crippen LogP contribution in [0.2, 0.25) is 0 Å². The zero-order valence-corrected chi connectivity index (χ0v) is 13.6. The minimum absolute atomic E-state index is 0.00374. The molecule has 0 aliphatic carbocycles. The molecule has 1 aromatic carbocycles. The summed E-state index contributed by atoms with van der Waals surface area (Å²) in [6.07, 6.45) is 1.50. The van der Waals surface area contributed by atoms with E-state index in [1.807, 2.05) is 26.0 Å². The Balaban J connectivity index is 1.49. The number of fused-ring (bicyclic) bond motifs is 2. The zero-order valence-electron chi connectivity index (χ0n) is 13.6. The highest BCUT2D eigenvalue weighted by atomic mass is 16.7. The number of carbonyl (C=O) groups excluding carboxylic acids is 1. The number of rotatable bonds is 3. The molecule has 9 heteroatoms. The van der Waals surface area contributed by atoms with Crippen molar-refractivity contribution in [3.63, 3.8) is 0 Å². The molecule has 1 N–H and O–H groups in total. The number of ether oxygens (including phenoxy) is 2. The van der Waals surface area contributed by atoms with Crippen molar-refractivity contribution in [2.45, 2.75) is 13.8 Å². The topological polar surface area (TPSA) is 103 Å². The lowest BCUT2D eigenvalue weighted by Gasteiger charge is -1.98. The second-order valence-corrected chi connectivity index (χ2v) is 5.50. The maximum absolute atomic E-state index is 12.2. The molecule has 1 aliphatic rings. The van der Waals surface area contributed by atoms with Crippen LogP contribution in [0, 0.1) is 13.8 Å². The third kappa shape index (κ3) is 2.87. The third-order valence-corrected chi connectivity index (χ3v) is 3.60. The van der Waals surface area contributed by atoms with Crippen LogP contribution in [0.4, 0.5) is 0 Å². The van der Waals surface area contributed by atoms with Crippen LogP contribution in [-0.2, 0) is 0 Å². The van der Waals surface area contributed by atoms with Crippen molar-refractivity contribution in [2.24, 2.45) is 5.10 Å². The van der Waals surface area contributed by atoms with E-state index in [1.165, 1.54) is 10.7 Å². The highest BCUT2D eigenvalue weighted by molar-refractivity contribution is 5.91. The summed E-state index contributed by atoms with van der Waals surface area (Å²) in [7, 11) is 0. The standard InChI is InChI=1S/C16H14N6O3/c1-9-5-10(2)22-16(18-9)19-14(21-22)15(23)20-17-7-11-3-4-12-13(6-11)25-8-24-12/h3-7H,8H2,1-2H3,(H,20,23). The Morgan fingerprint density at radius 3 is 2.96 bits per heavy atom. The second-order valence-electron chi connectivity index (χ2n) is 5.50. The van der Waals surface area contributed by atoms with Crippen LogP contribution in [0.25, 0.3) is 5.78 Å². The minimum atomic E-state index is -0.514. The van der Waals surface area contributed by atoms with E-state index < -0.39 is 5.91 Å². The molecule has 0 saturated heterocycles. The van der Waals surface area contributed by atoms with E-state index in [4.69, 9.17) is 9.47 Å². The van der Waals surface area contributed by atoms with Crippen molar-refractivity contribution in [1.82, 2.24) is 25.0 Å². The first-order valence-electron chi connectivity index (χ1n) is 7.54. The molecule has 1 aliphatic heterocycles. The summed E-state index contributed by atoms with van der Waals surface area (Å²) in [5, 5.41) is 8.07. The number of aryl methyl sites for hydroxylation is 2. The summed E-state index contributed by atoms with van der Waals surface area (Å²) in [5.41, 5.74) is 4.82. The number of nitrogens with one attached hydrogen (secondary N) is 1. The molecule has 0 radical (unpaired) electrons. The van der Waals surface area contributed by atoms with Gasteiger partial charge in [-0.15, -0.1) is 5.10 Å². The van der Waals surface area contributed by atoms with Gasteiger partial charge < -0.3 is 9.47 Å². The molecule has 25 heavy (non-hydrogen) atoms. The van der Waals surface area contributed by atoms with Gasteiger partial charge in [-0.25, -0.2) is 14.9 Å². The van der Waals surface area contributed by atoms with Crippen molar-refractivity contribution < 1.29 is 14.3 Å². The van der Waals surface area contributed by atoms with Gasteiger partial charge in [-0.1, -0.05) is 0 Å². The normalized spacial score (nSPS) is 12.9. The Kier molecular flexibility index (Phi) is 3.53. The lowest BCUT2D eigenvalue weighted by Crippen LogP contribution is -2.19. The number of hydrazone groups is 1. The van der Waals surface area contributed by atoms with Gasteiger partial charge in [0.1, 0.15) is 0 Å². The summed E-state index contributed by atoms with van der Waals surface area (Å²) >= 11 is 0. The van der Waals surface area contributed by atoms with Crippen molar-refractivity contribution >= 4 is 17.9 Å². The van der Waals surface area contributed by atoms with Crippen molar-refractivity contribution in [1.29, 1.82) is 0 Å². The lowest BCUT2D eigenvalue weighted by molar-refractivity contribution is 0.0945. The van der Waals surface area contributed by atoms with Crippen molar-refractivity contribution in [2.75, 3.05) is 6.79 Å². The van der Waals surface area contributed by atoms with E-state index in [9.17, 15) is 4.79 Å². The van der Waals surface area contributed by atoms with Crippen LogP contribution in [0.5, 0.6) is 11.5 Å². The Bertz CT molecular complexity index is 1010. The maximum atomic E-state index is 12.2.